The van der Waals surface area contributed by atoms with E-state index < -0.39 is 23.6 Å². The number of thiazole rings is 1. The highest BCUT2D eigenvalue weighted by molar-refractivity contribution is 7.13. The van der Waals surface area contributed by atoms with Gasteiger partial charge in [-0.3, -0.25) is 20.4 Å². The maximum atomic E-state index is 12.7. The van der Waals surface area contributed by atoms with Gasteiger partial charge in [0.1, 0.15) is 5.01 Å². The molecule has 1 aromatic heterocycles. The number of amides is 2. The Morgan fingerprint density at radius 3 is 2.27 bits per heavy atom. The highest BCUT2D eigenvalue weighted by Crippen LogP contribution is 2.31. The summed E-state index contributed by atoms with van der Waals surface area (Å²) in [7, 11) is 0. The molecule has 2 N–H and O–H groups in total. The number of benzene rings is 2. The van der Waals surface area contributed by atoms with E-state index >= 15 is 0 Å². The fourth-order valence-corrected chi connectivity index (χ4v) is 3.45. The van der Waals surface area contributed by atoms with Crippen molar-refractivity contribution in [2.45, 2.75) is 25.9 Å². The van der Waals surface area contributed by atoms with Crippen molar-refractivity contribution >= 4 is 23.2 Å². The second-order valence-corrected chi connectivity index (χ2v) is 7.31. The average molecular weight is 433 g/mol. The van der Waals surface area contributed by atoms with Crippen LogP contribution in [0.15, 0.2) is 53.9 Å². The van der Waals surface area contributed by atoms with Gasteiger partial charge in [-0.15, -0.1) is 11.3 Å². The van der Waals surface area contributed by atoms with E-state index in [9.17, 15) is 22.8 Å². The number of carbonyl (C=O) groups is 2. The molecule has 3 aromatic rings. The molecule has 3 rings (SSSR count). The Kier molecular flexibility index (Phi) is 6.51. The van der Waals surface area contributed by atoms with Crippen LogP contribution in [-0.2, 0) is 23.8 Å². The summed E-state index contributed by atoms with van der Waals surface area (Å²) in [6, 6.07) is 11.7. The lowest BCUT2D eigenvalue weighted by Crippen LogP contribution is -2.42. The second kappa shape index (κ2) is 9.08. The van der Waals surface area contributed by atoms with Crippen LogP contribution in [0, 0.1) is 0 Å². The Morgan fingerprint density at radius 1 is 1.00 bits per heavy atom. The zero-order valence-electron chi connectivity index (χ0n) is 15.9. The molecule has 0 bridgehead atoms. The minimum Gasteiger partial charge on any atom is -0.273 e. The minimum atomic E-state index is -4.40. The lowest BCUT2D eigenvalue weighted by atomic mass is 10.1. The Labute approximate surface area is 174 Å². The molecule has 0 aliphatic heterocycles. The first-order chi connectivity index (χ1) is 14.3. The number of hydrogen-bond donors (Lipinski definition) is 2. The molecule has 0 saturated carbocycles. The van der Waals surface area contributed by atoms with E-state index in [4.69, 9.17) is 0 Å². The smallest absolute Gasteiger partial charge is 0.273 e. The molecule has 0 aliphatic rings. The Hall–Kier alpha value is -3.20. The monoisotopic (exact) mass is 433 g/mol. The van der Waals surface area contributed by atoms with Crippen LogP contribution in [0.25, 0.3) is 10.6 Å². The molecule has 30 heavy (non-hydrogen) atoms. The van der Waals surface area contributed by atoms with Gasteiger partial charge in [0.05, 0.1) is 17.7 Å². The Bertz CT molecular complexity index is 1030. The van der Waals surface area contributed by atoms with Crippen LogP contribution in [0.5, 0.6) is 0 Å². The molecule has 0 spiro atoms. The first kappa shape index (κ1) is 21.5. The van der Waals surface area contributed by atoms with E-state index in [1.807, 2.05) is 19.1 Å². The highest BCUT2D eigenvalue weighted by atomic mass is 32.1. The van der Waals surface area contributed by atoms with Crippen LogP contribution < -0.4 is 10.9 Å². The van der Waals surface area contributed by atoms with Gasteiger partial charge >= 0.3 is 6.18 Å². The van der Waals surface area contributed by atoms with Crippen LogP contribution in [0.4, 0.5) is 13.2 Å². The van der Waals surface area contributed by atoms with Crippen molar-refractivity contribution in [2.24, 2.45) is 0 Å². The van der Waals surface area contributed by atoms with Gasteiger partial charge in [-0.05, 0) is 36.2 Å². The van der Waals surface area contributed by atoms with Crippen LogP contribution >= 0.6 is 11.3 Å². The van der Waals surface area contributed by atoms with Crippen molar-refractivity contribution in [2.75, 3.05) is 0 Å². The van der Waals surface area contributed by atoms with Gasteiger partial charge < -0.3 is 0 Å². The predicted molar refractivity (Wildman–Crippen MR) is 108 cm³/mol. The molecule has 1 heterocycles. The molecule has 0 saturated heterocycles. The van der Waals surface area contributed by atoms with Crippen LogP contribution in [0.2, 0.25) is 0 Å². The zero-order chi connectivity index (χ0) is 21.7. The summed E-state index contributed by atoms with van der Waals surface area (Å²) >= 11 is 1.22. The van der Waals surface area contributed by atoms with Gasteiger partial charge in [-0.25, -0.2) is 4.98 Å². The van der Waals surface area contributed by atoms with E-state index in [0.717, 1.165) is 24.1 Å². The SMILES string of the molecule is CCc1ccc(C(=O)NNC(=O)Cc2csc(-c3ccc(C(F)(F)F)cc3)n2)cc1. The first-order valence-electron chi connectivity index (χ1n) is 9.06. The van der Waals surface area contributed by atoms with Gasteiger partial charge in [0, 0.05) is 16.5 Å². The summed E-state index contributed by atoms with van der Waals surface area (Å²) in [6.07, 6.45) is -3.61. The number of aromatic nitrogens is 1. The molecule has 2 amide bonds. The van der Waals surface area contributed by atoms with E-state index in [2.05, 4.69) is 15.8 Å². The topological polar surface area (TPSA) is 71.1 Å². The number of alkyl halides is 3. The van der Waals surface area contributed by atoms with Crippen molar-refractivity contribution < 1.29 is 22.8 Å². The zero-order valence-corrected chi connectivity index (χ0v) is 16.7. The quantitative estimate of drug-likeness (QED) is 0.586. The van der Waals surface area contributed by atoms with Gasteiger partial charge in [-0.2, -0.15) is 13.2 Å². The highest BCUT2D eigenvalue weighted by Gasteiger charge is 2.30. The van der Waals surface area contributed by atoms with Crippen molar-refractivity contribution in [3.05, 3.63) is 76.3 Å². The molecular formula is C21H18F3N3O2S. The van der Waals surface area contributed by atoms with Gasteiger partial charge in [-0.1, -0.05) is 31.2 Å². The van der Waals surface area contributed by atoms with E-state index in [1.54, 1.807) is 17.5 Å². The maximum absolute atomic E-state index is 12.7. The first-order valence-corrected chi connectivity index (χ1v) is 9.94. The predicted octanol–water partition coefficient (Wildman–Crippen LogP) is 4.40. The molecule has 0 unspecified atom stereocenters. The summed E-state index contributed by atoms with van der Waals surface area (Å²) in [4.78, 5) is 28.4. The Balaban J connectivity index is 1.55. The van der Waals surface area contributed by atoms with Crippen LogP contribution in [0.3, 0.4) is 0 Å². The van der Waals surface area contributed by atoms with E-state index in [1.165, 1.54) is 23.5 Å². The van der Waals surface area contributed by atoms with E-state index in [0.29, 0.717) is 21.8 Å². The summed E-state index contributed by atoms with van der Waals surface area (Å²) in [6.45, 7) is 2.01. The fourth-order valence-electron chi connectivity index (χ4n) is 2.62. The second-order valence-electron chi connectivity index (χ2n) is 6.45. The minimum absolute atomic E-state index is 0.0772. The number of aryl methyl sites for hydroxylation is 1. The van der Waals surface area contributed by atoms with Crippen molar-refractivity contribution in [3.63, 3.8) is 0 Å². The molecule has 5 nitrogen and oxygen atoms in total. The molecule has 0 fully saturated rings. The third kappa shape index (κ3) is 5.44. The number of hydrogen-bond acceptors (Lipinski definition) is 4. The van der Waals surface area contributed by atoms with Gasteiger partial charge in [0.15, 0.2) is 0 Å². The normalized spacial score (nSPS) is 11.2. The van der Waals surface area contributed by atoms with Crippen molar-refractivity contribution in [1.82, 2.24) is 15.8 Å². The Morgan fingerprint density at radius 2 is 1.67 bits per heavy atom. The molecule has 0 radical (unpaired) electrons. The molecule has 0 atom stereocenters. The molecular weight excluding hydrogens is 415 g/mol. The summed E-state index contributed by atoms with van der Waals surface area (Å²) in [5, 5.41) is 2.16. The van der Waals surface area contributed by atoms with Crippen LogP contribution in [0.1, 0.15) is 34.1 Å². The number of nitrogens with zero attached hydrogens (tertiary/aromatic N) is 1. The number of halogens is 3. The van der Waals surface area contributed by atoms with Gasteiger partial charge in [0.25, 0.3) is 5.91 Å². The molecule has 0 aliphatic carbocycles. The van der Waals surface area contributed by atoms with E-state index in [-0.39, 0.29) is 6.42 Å². The standard InChI is InChI=1S/C21H18F3N3O2S/c1-2-13-3-5-14(6-4-13)19(29)27-26-18(28)11-17-12-30-20(25-17)15-7-9-16(10-8-15)21(22,23)24/h3-10,12H,2,11H2,1H3,(H,26,28)(H,27,29). The lowest BCUT2D eigenvalue weighted by Gasteiger charge is -2.07. The number of hydrazine groups is 1. The maximum Gasteiger partial charge on any atom is 0.416 e. The number of nitrogens with one attached hydrogen (secondary N) is 2. The third-order valence-corrected chi connectivity index (χ3v) is 5.23. The molecule has 2 aromatic carbocycles. The average Bonchev–Trinajstić information content (AvgIpc) is 3.20. The van der Waals surface area contributed by atoms with Gasteiger partial charge in [0.2, 0.25) is 5.91 Å². The summed E-state index contributed by atoms with van der Waals surface area (Å²) in [5.41, 5.74) is 6.45. The number of carbonyl (C=O) groups excluding carboxylic acids is 2. The largest absolute Gasteiger partial charge is 0.416 e. The van der Waals surface area contributed by atoms with Crippen molar-refractivity contribution in [1.29, 1.82) is 0 Å². The molecule has 156 valence electrons. The molecule has 9 heteroatoms. The lowest BCUT2D eigenvalue weighted by molar-refractivity contribution is -0.137. The summed E-state index contributed by atoms with van der Waals surface area (Å²) < 4.78 is 38.0. The van der Waals surface area contributed by atoms with Crippen molar-refractivity contribution in [3.8, 4) is 10.6 Å². The third-order valence-electron chi connectivity index (χ3n) is 4.29. The van der Waals surface area contributed by atoms with Crippen LogP contribution in [-0.4, -0.2) is 16.8 Å². The number of rotatable bonds is 5. The summed E-state index contributed by atoms with van der Waals surface area (Å²) in [5.74, 6) is -0.896. The fraction of sp³-hybridized carbons (Fsp3) is 0.190.